The van der Waals surface area contributed by atoms with Crippen LogP contribution in [0, 0.1) is 11.3 Å². The number of para-hydroxylation sites is 1. The average Bonchev–Trinajstić information content (AvgIpc) is 2.83. The lowest BCUT2D eigenvalue weighted by molar-refractivity contribution is 0.256. The van der Waals surface area contributed by atoms with E-state index in [9.17, 15) is 4.79 Å². The van der Waals surface area contributed by atoms with Gasteiger partial charge < -0.3 is 5.32 Å². The lowest BCUT2D eigenvalue weighted by Crippen LogP contribution is -2.39. The van der Waals surface area contributed by atoms with Gasteiger partial charge in [-0.05, 0) is 43.2 Å². The minimum absolute atomic E-state index is 0.126. The molecule has 0 bridgehead atoms. The van der Waals surface area contributed by atoms with Crippen molar-refractivity contribution >= 4 is 17.4 Å². The monoisotopic (exact) mass is 277 g/mol. The number of urea groups is 1. The van der Waals surface area contributed by atoms with Crippen molar-refractivity contribution in [3.63, 3.8) is 0 Å². The zero-order chi connectivity index (χ0) is 14.8. The summed E-state index contributed by atoms with van der Waals surface area (Å²) in [6, 6.07) is 16.9. The van der Waals surface area contributed by atoms with Crippen molar-refractivity contribution in [1.82, 2.24) is 0 Å². The number of nitrogens with zero attached hydrogens (tertiary/aromatic N) is 2. The van der Waals surface area contributed by atoms with Gasteiger partial charge in [0.1, 0.15) is 0 Å². The topological polar surface area (TPSA) is 56.1 Å². The number of nitriles is 1. The fourth-order valence-corrected chi connectivity index (χ4v) is 2.73. The quantitative estimate of drug-likeness (QED) is 0.866. The number of hydrogen-bond donors (Lipinski definition) is 1. The SMILES string of the molecule is CC1Cc2ccccc2N1C(=O)Nc1cccc(C#N)c1. The number of benzene rings is 2. The van der Waals surface area contributed by atoms with Crippen LogP contribution < -0.4 is 10.2 Å². The maximum absolute atomic E-state index is 12.5. The standard InChI is InChI=1S/C17H15N3O/c1-12-9-14-6-2-3-8-16(14)20(12)17(21)19-15-7-4-5-13(10-15)11-18/h2-8,10,12H,9H2,1H3,(H,19,21). The van der Waals surface area contributed by atoms with Crippen LogP contribution >= 0.6 is 0 Å². The maximum atomic E-state index is 12.5. The first-order valence-electron chi connectivity index (χ1n) is 6.87. The Morgan fingerprint density at radius 1 is 1.29 bits per heavy atom. The Labute approximate surface area is 123 Å². The summed E-state index contributed by atoms with van der Waals surface area (Å²) in [6.45, 7) is 2.03. The van der Waals surface area contributed by atoms with Crippen LogP contribution in [0.5, 0.6) is 0 Å². The van der Waals surface area contributed by atoms with E-state index in [-0.39, 0.29) is 12.1 Å². The molecule has 21 heavy (non-hydrogen) atoms. The van der Waals surface area contributed by atoms with Gasteiger partial charge in [-0.25, -0.2) is 4.79 Å². The van der Waals surface area contributed by atoms with Crippen molar-refractivity contribution in [1.29, 1.82) is 5.26 Å². The van der Waals surface area contributed by atoms with Gasteiger partial charge in [-0.15, -0.1) is 0 Å². The van der Waals surface area contributed by atoms with Crippen molar-refractivity contribution in [2.45, 2.75) is 19.4 Å². The Morgan fingerprint density at radius 2 is 2.10 bits per heavy atom. The molecule has 0 saturated carbocycles. The zero-order valence-electron chi connectivity index (χ0n) is 11.7. The molecule has 4 nitrogen and oxygen atoms in total. The van der Waals surface area contributed by atoms with Gasteiger partial charge >= 0.3 is 6.03 Å². The number of fused-ring (bicyclic) bond motifs is 1. The van der Waals surface area contributed by atoms with Gasteiger partial charge in [0.2, 0.25) is 0 Å². The van der Waals surface area contributed by atoms with Gasteiger partial charge in [0.05, 0.1) is 11.6 Å². The maximum Gasteiger partial charge on any atom is 0.326 e. The van der Waals surface area contributed by atoms with E-state index in [1.807, 2.05) is 25.1 Å². The van der Waals surface area contributed by atoms with E-state index in [0.717, 1.165) is 12.1 Å². The first-order chi connectivity index (χ1) is 10.2. The number of carbonyl (C=O) groups is 1. The summed E-state index contributed by atoms with van der Waals surface area (Å²) in [6.07, 6.45) is 0.863. The van der Waals surface area contributed by atoms with Crippen LogP contribution in [-0.4, -0.2) is 12.1 Å². The smallest absolute Gasteiger partial charge is 0.307 e. The molecule has 0 aliphatic carbocycles. The summed E-state index contributed by atoms with van der Waals surface area (Å²) < 4.78 is 0. The second kappa shape index (κ2) is 5.29. The Morgan fingerprint density at radius 3 is 2.90 bits per heavy atom. The molecule has 1 unspecified atom stereocenters. The Bertz CT molecular complexity index is 733. The van der Waals surface area contributed by atoms with Gasteiger partial charge in [0.15, 0.2) is 0 Å². The van der Waals surface area contributed by atoms with Crippen molar-refractivity contribution in [3.8, 4) is 6.07 Å². The predicted octanol–water partition coefficient (Wildman–Crippen LogP) is 3.54. The van der Waals surface area contributed by atoms with Crippen LogP contribution in [0.1, 0.15) is 18.1 Å². The van der Waals surface area contributed by atoms with Crippen molar-refractivity contribution in [3.05, 3.63) is 59.7 Å². The molecule has 1 aliphatic rings. The Balaban J connectivity index is 1.84. The number of hydrogen-bond acceptors (Lipinski definition) is 2. The minimum atomic E-state index is -0.164. The number of amides is 2. The zero-order valence-corrected chi connectivity index (χ0v) is 11.7. The first-order valence-corrected chi connectivity index (χ1v) is 6.87. The number of rotatable bonds is 1. The van der Waals surface area contributed by atoms with Gasteiger partial charge in [-0.2, -0.15) is 5.26 Å². The molecule has 0 saturated heterocycles. The molecule has 2 aromatic carbocycles. The lowest BCUT2D eigenvalue weighted by atomic mass is 10.1. The summed E-state index contributed by atoms with van der Waals surface area (Å²) >= 11 is 0. The molecule has 4 heteroatoms. The molecule has 0 fully saturated rings. The molecule has 1 atom stereocenters. The molecule has 3 rings (SSSR count). The molecule has 1 heterocycles. The lowest BCUT2D eigenvalue weighted by Gasteiger charge is -2.23. The molecular weight excluding hydrogens is 262 g/mol. The van der Waals surface area contributed by atoms with Crippen LogP contribution in [0.4, 0.5) is 16.2 Å². The van der Waals surface area contributed by atoms with Gasteiger partial charge in [-0.3, -0.25) is 4.90 Å². The molecule has 0 radical (unpaired) electrons. The highest BCUT2D eigenvalue weighted by molar-refractivity contribution is 6.03. The van der Waals surface area contributed by atoms with Gasteiger partial charge in [-0.1, -0.05) is 24.3 Å². The normalized spacial score (nSPS) is 16.2. The fourth-order valence-electron chi connectivity index (χ4n) is 2.73. The first kappa shape index (κ1) is 13.2. The highest BCUT2D eigenvalue weighted by atomic mass is 16.2. The van der Waals surface area contributed by atoms with E-state index < -0.39 is 0 Å². The summed E-state index contributed by atoms with van der Waals surface area (Å²) in [5, 5.41) is 11.8. The van der Waals surface area contributed by atoms with E-state index in [2.05, 4.69) is 17.5 Å². The third kappa shape index (κ3) is 2.46. The molecule has 0 spiro atoms. The molecule has 1 N–H and O–H groups in total. The second-order valence-electron chi connectivity index (χ2n) is 5.17. The van der Waals surface area contributed by atoms with Crippen molar-refractivity contribution in [2.75, 3.05) is 10.2 Å². The molecule has 0 aromatic heterocycles. The summed E-state index contributed by atoms with van der Waals surface area (Å²) in [7, 11) is 0. The van der Waals surface area contributed by atoms with Crippen LogP contribution in [-0.2, 0) is 6.42 Å². The molecule has 2 amide bonds. The highest BCUT2D eigenvalue weighted by Crippen LogP contribution is 2.32. The summed E-state index contributed by atoms with van der Waals surface area (Å²) in [5.41, 5.74) is 3.31. The summed E-state index contributed by atoms with van der Waals surface area (Å²) in [4.78, 5) is 14.3. The third-order valence-electron chi connectivity index (χ3n) is 3.67. The third-order valence-corrected chi connectivity index (χ3v) is 3.67. The van der Waals surface area contributed by atoms with E-state index in [1.54, 1.807) is 29.2 Å². The van der Waals surface area contributed by atoms with Crippen LogP contribution in [0.25, 0.3) is 0 Å². The van der Waals surface area contributed by atoms with Gasteiger partial charge in [0.25, 0.3) is 0 Å². The average molecular weight is 277 g/mol. The van der Waals surface area contributed by atoms with Crippen LogP contribution in [0.15, 0.2) is 48.5 Å². The number of carbonyl (C=O) groups excluding carboxylic acids is 1. The van der Waals surface area contributed by atoms with Gasteiger partial charge in [0, 0.05) is 17.4 Å². The van der Waals surface area contributed by atoms with Crippen LogP contribution in [0.2, 0.25) is 0 Å². The van der Waals surface area contributed by atoms with Crippen molar-refractivity contribution < 1.29 is 4.79 Å². The Kier molecular flexibility index (Phi) is 3.33. The molecular formula is C17H15N3O. The predicted molar refractivity (Wildman–Crippen MR) is 82.3 cm³/mol. The van der Waals surface area contributed by atoms with E-state index in [4.69, 9.17) is 5.26 Å². The number of nitrogens with one attached hydrogen (secondary N) is 1. The largest absolute Gasteiger partial charge is 0.326 e. The minimum Gasteiger partial charge on any atom is -0.307 e. The second-order valence-corrected chi connectivity index (χ2v) is 5.17. The van der Waals surface area contributed by atoms with Crippen LogP contribution in [0.3, 0.4) is 0 Å². The molecule has 1 aliphatic heterocycles. The molecule has 2 aromatic rings. The van der Waals surface area contributed by atoms with E-state index in [1.165, 1.54) is 5.56 Å². The van der Waals surface area contributed by atoms with Crippen molar-refractivity contribution in [2.24, 2.45) is 0 Å². The Hall–Kier alpha value is -2.80. The van der Waals surface area contributed by atoms with E-state index in [0.29, 0.717) is 11.3 Å². The molecule has 104 valence electrons. The summed E-state index contributed by atoms with van der Waals surface area (Å²) in [5.74, 6) is 0. The fraction of sp³-hybridized carbons (Fsp3) is 0.176. The number of anilines is 2. The highest BCUT2D eigenvalue weighted by Gasteiger charge is 2.30. The van der Waals surface area contributed by atoms with E-state index >= 15 is 0 Å².